The molecule has 0 aromatic carbocycles. The highest BCUT2D eigenvalue weighted by Crippen LogP contribution is 2.34. The Kier molecular flexibility index (Phi) is 4.05. The third kappa shape index (κ3) is 2.37. The van der Waals surface area contributed by atoms with Crippen LogP contribution in [0.1, 0.15) is 6.92 Å². The Balaban J connectivity index is 3.18. The van der Waals surface area contributed by atoms with Crippen LogP contribution < -0.4 is 10.1 Å². The van der Waals surface area contributed by atoms with Gasteiger partial charge < -0.3 is 10.1 Å². The van der Waals surface area contributed by atoms with Crippen molar-refractivity contribution >= 4 is 39.9 Å². The van der Waals surface area contributed by atoms with Crippen LogP contribution in [0.5, 0.6) is 5.75 Å². The molecule has 1 aromatic heterocycles. The van der Waals surface area contributed by atoms with E-state index in [-0.39, 0.29) is 0 Å². The second kappa shape index (κ2) is 4.85. The van der Waals surface area contributed by atoms with Crippen LogP contribution in [0.2, 0.25) is 5.15 Å². The maximum absolute atomic E-state index is 5.86. The molecule has 0 bridgehead atoms. The molecule has 0 radical (unpaired) electrons. The number of ether oxygens (including phenoxy) is 1. The summed E-state index contributed by atoms with van der Waals surface area (Å²) in [5.41, 5.74) is 0.908. The Labute approximate surface area is 96.0 Å². The van der Waals surface area contributed by atoms with Crippen LogP contribution in [0.25, 0.3) is 0 Å². The summed E-state index contributed by atoms with van der Waals surface area (Å²) >= 11 is 8.04. The average molecular weight is 313 g/mol. The van der Waals surface area contributed by atoms with Gasteiger partial charge in [-0.05, 0) is 29.5 Å². The van der Waals surface area contributed by atoms with Crippen LogP contribution in [-0.2, 0) is 0 Å². The molecule has 13 heavy (non-hydrogen) atoms. The van der Waals surface area contributed by atoms with Gasteiger partial charge in [-0.25, -0.2) is 4.98 Å². The van der Waals surface area contributed by atoms with Gasteiger partial charge in [-0.1, -0.05) is 11.6 Å². The van der Waals surface area contributed by atoms with Gasteiger partial charge in [-0.15, -0.1) is 0 Å². The van der Waals surface area contributed by atoms with Gasteiger partial charge in [0, 0.05) is 12.7 Å². The van der Waals surface area contributed by atoms with E-state index in [1.165, 1.54) is 0 Å². The molecule has 1 N–H and O–H groups in total. The van der Waals surface area contributed by atoms with Crippen molar-refractivity contribution in [3.05, 3.63) is 14.9 Å². The van der Waals surface area contributed by atoms with Crippen molar-refractivity contribution < 1.29 is 4.74 Å². The molecule has 0 spiro atoms. The number of pyridine rings is 1. The Morgan fingerprint density at radius 2 is 2.38 bits per heavy atom. The van der Waals surface area contributed by atoms with E-state index in [0.29, 0.717) is 10.9 Å². The normalized spacial score (nSPS) is 9.85. The molecule has 0 amide bonds. The maximum atomic E-state index is 5.86. The molecule has 3 nitrogen and oxygen atoms in total. The summed E-state index contributed by atoms with van der Waals surface area (Å²) in [7, 11) is 1.58. The monoisotopic (exact) mass is 312 g/mol. The van der Waals surface area contributed by atoms with E-state index in [0.717, 1.165) is 15.8 Å². The minimum absolute atomic E-state index is 0.388. The lowest BCUT2D eigenvalue weighted by Gasteiger charge is -2.11. The smallest absolute Gasteiger partial charge is 0.180 e. The average Bonchev–Trinajstić information content (AvgIpc) is 2.12. The summed E-state index contributed by atoms with van der Waals surface area (Å²) < 4.78 is 6.15. The third-order valence-corrected chi connectivity index (χ3v) is 2.59. The highest BCUT2D eigenvalue weighted by molar-refractivity contribution is 14.1. The summed E-state index contributed by atoms with van der Waals surface area (Å²) in [5, 5.41) is 3.57. The Hall–Kier alpha value is -0.230. The van der Waals surface area contributed by atoms with Crippen molar-refractivity contribution in [3.8, 4) is 5.75 Å². The third-order valence-electron chi connectivity index (χ3n) is 1.50. The number of hydrogen-bond donors (Lipinski definition) is 1. The zero-order valence-electron chi connectivity index (χ0n) is 7.40. The van der Waals surface area contributed by atoms with Crippen LogP contribution in [0.15, 0.2) is 6.20 Å². The molecule has 0 unspecified atom stereocenters. The maximum Gasteiger partial charge on any atom is 0.180 e. The first-order valence-electron chi connectivity index (χ1n) is 3.82. The van der Waals surface area contributed by atoms with Crippen LogP contribution in [-0.4, -0.2) is 18.6 Å². The van der Waals surface area contributed by atoms with Crippen molar-refractivity contribution in [1.29, 1.82) is 0 Å². The van der Waals surface area contributed by atoms with Crippen LogP contribution >= 0.6 is 34.2 Å². The second-order valence-corrected chi connectivity index (χ2v) is 3.86. The zero-order valence-corrected chi connectivity index (χ0v) is 10.3. The molecule has 72 valence electrons. The fourth-order valence-electron chi connectivity index (χ4n) is 0.976. The van der Waals surface area contributed by atoms with Gasteiger partial charge in [-0.2, -0.15) is 0 Å². The molecule has 0 fully saturated rings. The largest absolute Gasteiger partial charge is 0.491 e. The molecular formula is C8H10ClIN2O. The minimum atomic E-state index is 0.388. The molecular weight excluding hydrogens is 302 g/mol. The van der Waals surface area contributed by atoms with Crippen molar-refractivity contribution in [3.63, 3.8) is 0 Å². The van der Waals surface area contributed by atoms with Gasteiger partial charge >= 0.3 is 0 Å². The summed E-state index contributed by atoms with van der Waals surface area (Å²) in [6.45, 7) is 2.84. The molecule has 0 aliphatic heterocycles. The van der Waals surface area contributed by atoms with Gasteiger partial charge in [-0.3, -0.25) is 0 Å². The fraction of sp³-hybridized carbons (Fsp3) is 0.375. The van der Waals surface area contributed by atoms with Crippen LogP contribution in [0.3, 0.4) is 0 Å². The number of hydrogen-bond acceptors (Lipinski definition) is 3. The molecule has 0 saturated heterocycles. The van der Waals surface area contributed by atoms with Gasteiger partial charge in [0.1, 0.15) is 0 Å². The number of anilines is 1. The second-order valence-electron chi connectivity index (χ2n) is 2.34. The standard InChI is InChI=1S/C8H10ClIN2O/c1-3-11-6-5(10)4-12-8(9)7(6)13-2/h4H,3H2,1-2H3,(H,11,12). The number of nitrogens with one attached hydrogen (secondary N) is 1. The number of rotatable bonds is 3. The van der Waals surface area contributed by atoms with Crippen molar-refractivity contribution in [1.82, 2.24) is 4.98 Å². The van der Waals surface area contributed by atoms with Gasteiger partial charge in [0.05, 0.1) is 16.4 Å². The summed E-state index contributed by atoms with van der Waals surface area (Å²) in [6.07, 6.45) is 1.71. The molecule has 1 rings (SSSR count). The lowest BCUT2D eigenvalue weighted by molar-refractivity contribution is 0.414. The fourth-order valence-corrected chi connectivity index (χ4v) is 1.77. The van der Waals surface area contributed by atoms with E-state index in [4.69, 9.17) is 16.3 Å². The lowest BCUT2D eigenvalue weighted by Crippen LogP contribution is -2.02. The van der Waals surface area contributed by atoms with E-state index in [1.807, 2.05) is 6.92 Å². The topological polar surface area (TPSA) is 34.2 Å². The summed E-state index contributed by atoms with van der Waals surface area (Å²) in [4.78, 5) is 3.99. The molecule has 0 aliphatic carbocycles. The lowest BCUT2D eigenvalue weighted by atomic mass is 10.3. The first-order chi connectivity index (χ1) is 6.20. The minimum Gasteiger partial charge on any atom is -0.491 e. The van der Waals surface area contributed by atoms with Gasteiger partial charge in [0.15, 0.2) is 10.9 Å². The predicted molar refractivity (Wildman–Crippen MR) is 62.7 cm³/mol. The van der Waals surface area contributed by atoms with Crippen molar-refractivity contribution in [2.24, 2.45) is 0 Å². The van der Waals surface area contributed by atoms with Gasteiger partial charge in [0.25, 0.3) is 0 Å². The van der Waals surface area contributed by atoms with Crippen molar-refractivity contribution in [2.75, 3.05) is 19.0 Å². The van der Waals surface area contributed by atoms with Crippen LogP contribution in [0, 0.1) is 3.57 Å². The highest BCUT2D eigenvalue weighted by Gasteiger charge is 2.11. The SMILES string of the molecule is CCNc1c(I)cnc(Cl)c1OC. The van der Waals surface area contributed by atoms with E-state index in [2.05, 4.69) is 32.9 Å². The summed E-state index contributed by atoms with van der Waals surface area (Å²) in [6, 6.07) is 0. The number of aromatic nitrogens is 1. The molecule has 5 heteroatoms. The molecule has 1 aromatic rings. The Morgan fingerprint density at radius 1 is 1.69 bits per heavy atom. The number of methoxy groups -OCH3 is 1. The molecule has 0 atom stereocenters. The molecule has 0 saturated carbocycles. The summed E-state index contributed by atoms with van der Waals surface area (Å²) in [5.74, 6) is 0.607. The molecule has 0 aliphatic rings. The predicted octanol–water partition coefficient (Wildman–Crippen LogP) is 2.78. The Morgan fingerprint density at radius 3 is 2.92 bits per heavy atom. The number of nitrogens with zero attached hydrogens (tertiary/aromatic N) is 1. The Bertz CT molecular complexity index is 306. The van der Waals surface area contributed by atoms with E-state index in [1.54, 1.807) is 13.3 Å². The van der Waals surface area contributed by atoms with E-state index < -0.39 is 0 Å². The number of halogens is 2. The van der Waals surface area contributed by atoms with Crippen LogP contribution in [0.4, 0.5) is 5.69 Å². The highest BCUT2D eigenvalue weighted by atomic mass is 127. The van der Waals surface area contributed by atoms with Crippen molar-refractivity contribution in [2.45, 2.75) is 6.92 Å². The quantitative estimate of drug-likeness (QED) is 0.688. The zero-order chi connectivity index (χ0) is 9.84. The molecule has 1 heterocycles. The van der Waals surface area contributed by atoms with E-state index in [9.17, 15) is 0 Å². The van der Waals surface area contributed by atoms with E-state index >= 15 is 0 Å². The first kappa shape index (κ1) is 10.8. The first-order valence-corrected chi connectivity index (χ1v) is 5.28. The van der Waals surface area contributed by atoms with Gasteiger partial charge in [0.2, 0.25) is 0 Å².